The summed E-state index contributed by atoms with van der Waals surface area (Å²) in [6, 6.07) is 9.66. The summed E-state index contributed by atoms with van der Waals surface area (Å²) in [5.41, 5.74) is 2.68. The van der Waals surface area contributed by atoms with E-state index in [2.05, 4.69) is 9.50 Å². The van der Waals surface area contributed by atoms with E-state index in [9.17, 15) is 8.42 Å². The van der Waals surface area contributed by atoms with E-state index in [-0.39, 0.29) is 5.75 Å². The molecular formula is C16H14N4O2S. The van der Waals surface area contributed by atoms with Gasteiger partial charge in [-0.25, -0.2) is 13.1 Å². The summed E-state index contributed by atoms with van der Waals surface area (Å²) < 4.78 is 29.3. The molecule has 0 atom stereocenters. The van der Waals surface area contributed by atoms with E-state index in [0.29, 0.717) is 12.4 Å². The molecule has 116 valence electrons. The van der Waals surface area contributed by atoms with Crippen LogP contribution in [0.4, 0.5) is 0 Å². The molecule has 0 fully saturated rings. The lowest BCUT2D eigenvalue weighted by molar-refractivity contribution is 0.550. The molecule has 2 aliphatic heterocycles. The highest BCUT2D eigenvalue weighted by Crippen LogP contribution is 2.26. The number of fused-ring (bicyclic) bond motifs is 1. The molecule has 0 unspecified atom stereocenters. The molecule has 4 rings (SSSR count). The number of aromatic nitrogens is 2. The first-order valence-corrected chi connectivity index (χ1v) is 8.82. The maximum Gasteiger partial charge on any atom is 0.256 e. The van der Waals surface area contributed by atoms with Crippen LogP contribution in [0.2, 0.25) is 0 Å². The Morgan fingerprint density at radius 2 is 1.96 bits per heavy atom. The van der Waals surface area contributed by atoms with Crippen molar-refractivity contribution in [3.05, 3.63) is 66.6 Å². The van der Waals surface area contributed by atoms with E-state index >= 15 is 0 Å². The van der Waals surface area contributed by atoms with Crippen LogP contribution in [-0.2, 0) is 10.0 Å². The molecule has 0 saturated carbocycles. The van der Waals surface area contributed by atoms with E-state index in [1.807, 2.05) is 59.8 Å². The smallest absolute Gasteiger partial charge is 0.256 e. The van der Waals surface area contributed by atoms with Crippen molar-refractivity contribution >= 4 is 21.4 Å². The molecule has 2 aromatic rings. The lowest BCUT2D eigenvalue weighted by Gasteiger charge is -2.29. The second-order valence-corrected chi connectivity index (χ2v) is 7.07. The Hall–Kier alpha value is -2.67. The summed E-state index contributed by atoms with van der Waals surface area (Å²) in [6.45, 7) is 0.431. The summed E-state index contributed by atoms with van der Waals surface area (Å²) >= 11 is 0. The average molecular weight is 326 g/mol. The standard InChI is InChI=1S/C16H14N4O2S/c21-23(22)12-11-19-9-1-3-15(16(19)18-23)13-4-6-14(7-5-13)20-10-2-8-17-20/h1-10H,11-12H2. The highest BCUT2D eigenvalue weighted by Gasteiger charge is 2.27. The molecule has 0 amide bonds. The van der Waals surface area contributed by atoms with Crippen LogP contribution in [0.25, 0.3) is 11.3 Å². The van der Waals surface area contributed by atoms with Gasteiger partial charge in [-0.3, -0.25) is 0 Å². The number of hydrogen-bond acceptors (Lipinski definition) is 4. The van der Waals surface area contributed by atoms with Gasteiger partial charge < -0.3 is 4.90 Å². The maximum absolute atomic E-state index is 11.8. The zero-order valence-corrected chi connectivity index (χ0v) is 13.0. The summed E-state index contributed by atoms with van der Waals surface area (Å²) in [4.78, 5) is 1.87. The topological polar surface area (TPSA) is 67.6 Å². The SMILES string of the molecule is O=S1(=O)CCN2C=CC=C(c3ccc(-n4cccn4)cc3)C2=N1. The number of hydrogen-bond donors (Lipinski definition) is 0. The lowest BCUT2D eigenvalue weighted by atomic mass is 10.0. The second kappa shape index (κ2) is 5.20. The minimum atomic E-state index is -3.38. The van der Waals surface area contributed by atoms with Gasteiger partial charge in [-0.1, -0.05) is 12.1 Å². The zero-order valence-electron chi connectivity index (χ0n) is 12.2. The molecule has 0 spiro atoms. The molecule has 0 N–H and O–H groups in total. The fourth-order valence-corrected chi connectivity index (χ4v) is 3.64. The molecule has 1 aromatic heterocycles. The van der Waals surface area contributed by atoms with Crippen molar-refractivity contribution in [2.24, 2.45) is 4.40 Å². The predicted molar refractivity (Wildman–Crippen MR) is 88.6 cm³/mol. The van der Waals surface area contributed by atoms with Crippen LogP contribution < -0.4 is 0 Å². The molecule has 6 nitrogen and oxygen atoms in total. The van der Waals surface area contributed by atoms with Crippen molar-refractivity contribution in [2.45, 2.75) is 0 Å². The minimum Gasteiger partial charge on any atom is -0.331 e. The maximum atomic E-state index is 11.8. The van der Waals surface area contributed by atoms with Crippen molar-refractivity contribution in [2.75, 3.05) is 12.3 Å². The summed E-state index contributed by atoms with van der Waals surface area (Å²) in [5.74, 6) is 0.539. The van der Waals surface area contributed by atoms with Crippen molar-refractivity contribution < 1.29 is 8.42 Å². The van der Waals surface area contributed by atoms with Crippen molar-refractivity contribution in [3.63, 3.8) is 0 Å². The van der Waals surface area contributed by atoms with Crippen LogP contribution in [0.5, 0.6) is 0 Å². The van der Waals surface area contributed by atoms with E-state index in [4.69, 9.17) is 0 Å². The van der Waals surface area contributed by atoms with Gasteiger partial charge in [0.2, 0.25) is 0 Å². The molecule has 0 saturated heterocycles. The first-order chi connectivity index (χ1) is 11.1. The lowest BCUT2D eigenvalue weighted by Crippen LogP contribution is -2.37. The average Bonchev–Trinajstić information content (AvgIpc) is 3.08. The molecule has 3 heterocycles. The number of sulfonamides is 1. The molecule has 0 radical (unpaired) electrons. The van der Waals surface area contributed by atoms with Gasteiger partial charge in [-0.05, 0) is 35.9 Å². The largest absolute Gasteiger partial charge is 0.331 e. The van der Waals surface area contributed by atoms with E-state index in [0.717, 1.165) is 16.8 Å². The van der Waals surface area contributed by atoms with Gasteiger partial charge in [-0.15, -0.1) is 4.40 Å². The summed E-state index contributed by atoms with van der Waals surface area (Å²) in [7, 11) is -3.38. The first kappa shape index (κ1) is 14.0. The first-order valence-electron chi connectivity index (χ1n) is 7.21. The van der Waals surface area contributed by atoms with Crippen LogP contribution in [-0.4, -0.2) is 41.2 Å². The van der Waals surface area contributed by atoms with E-state index < -0.39 is 10.0 Å². The Morgan fingerprint density at radius 1 is 1.13 bits per heavy atom. The van der Waals surface area contributed by atoms with Gasteiger partial charge in [-0.2, -0.15) is 5.10 Å². The van der Waals surface area contributed by atoms with Crippen LogP contribution in [0.1, 0.15) is 5.56 Å². The Labute approximate surface area is 134 Å². The number of benzene rings is 1. The van der Waals surface area contributed by atoms with Crippen LogP contribution >= 0.6 is 0 Å². The molecule has 0 bridgehead atoms. The van der Waals surface area contributed by atoms with E-state index in [1.165, 1.54) is 0 Å². The number of rotatable bonds is 2. The van der Waals surface area contributed by atoms with Crippen LogP contribution in [0.15, 0.2) is 65.5 Å². The molecule has 1 aromatic carbocycles. The van der Waals surface area contributed by atoms with Crippen molar-refractivity contribution in [3.8, 4) is 5.69 Å². The fourth-order valence-electron chi connectivity index (χ4n) is 2.66. The third kappa shape index (κ3) is 2.59. The van der Waals surface area contributed by atoms with Gasteiger partial charge in [0.15, 0.2) is 5.84 Å². The zero-order chi connectivity index (χ0) is 15.9. The van der Waals surface area contributed by atoms with Gasteiger partial charge in [0.1, 0.15) is 0 Å². The quantitative estimate of drug-likeness (QED) is 0.844. The van der Waals surface area contributed by atoms with Crippen molar-refractivity contribution in [1.29, 1.82) is 0 Å². The van der Waals surface area contributed by atoms with E-state index in [1.54, 1.807) is 10.9 Å². The minimum absolute atomic E-state index is 0.0480. The van der Waals surface area contributed by atoms with Gasteiger partial charge >= 0.3 is 0 Å². The molecule has 23 heavy (non-hydrogen) atoms. The monoisotopic (exact) mass is 326 g/mol. The number of amidine groups is 1. The molecule has 2 aliphatic rings. The van der Waals surface area contributed by atoms with Gasteiger partial charge in [0.05, 0.1) is 11.4 Å². The van der Waals surface area contributed by atoms with Gasteiger partial charge in [0.25, 0.3) is 10.0 Å². The van der Waals surface area contributed by atoms with Crippen molar-refractivity contribution in [1.82, 2.24) is 14.7 Å². The van der Waals surface area contributed by atoms with Crippen LogP contribution in [0.3, 0.4) is 0 Å². The third-order valence-electron chi connectivity index (χ3n) is 3.80. The number of nitrogens with zero attached hydrogens (tertiary/aromatic N) is 4. The Morgan fingerprint density at radius 3 is 2.70 bits per heavy atom. The molecule has 0 aliphatic carbocycles. The predicted octanol–water partition coefficient (Wildman–Crippen LogP) is 1.83. The fraction of sp³-hybridized carbons (Fsp3) is 0.125. The normalized spacial score (nSPS) is 19.0. The third-order valence-corrected chi connectivity index (χ3v) is 4.95. The molecular weight excluding hydrogens is 312 g/mol. The highest BCUT2D eigenvalue weighted by atomic mass is 32.2. The second-order valence-electron chi connectivity index (χ2n) is 5.31. The Bertz CT molecular complexity index is 923. The Balaban J connectivity index is 1.73. The molecule has 7 heteroatoms. The Kier molecular flexibility index (Phi) is 3.16. The number of allylic oxidation sites excluding steroid dienone is 2. The summed E-state index contributed by atoms with van der Waals surface area (Å²) in [6.07, 6.45) is 9.25. The highest BCUT2D eigenvalue weighted by molar-refractivity contribution is 7.90. The van der Waals surface area contributed by atoms with Crippen LogP contribution in [0, 0.1) is 0 Å². The summed E-state index contributed by atoms with van der Waals surface area (Å²) in [5, 5.41) is 4.19. The van der Waals surface area contributed by atoms with Gasteiger partial charge in [0, 0.05) is 30.7 Å².